The molecule has 0 unspecified atom stereocenters. The van der Waals surface area contributed by atoms with Crippen LogP contribution < -0.4 is 20.7 Å². The topological polar surface area (TPSA) is 106 Å². The van der Waals surface area contributed by atoms with Crippen LogP contribution >= 0.6 is 0 Å². The fourth-order valence-electron chi connectivity index (χ4n) is 4.24. The van der Waals surface area contributed by atoms with Crippen LogP contribution in [0.1, 0.15) is 24.0 Å². The first-order chi connectivity index (χ1) is 15.1. The predicted octanol–water partition coefficient (Wildman–Crippen LogP) is 1.64. The minimum absolute atomic E-state index is 0.128. The quantitative estimate of drug-likeness (QED) is 0.691. The van der Waals surface area contributed by atoms with Crippen molar-refractivity contribution >= 4 is 23.2 Å². The zero-order valence-electron chi connectivity index (χ0n) is 17.5. The van der Waals surface area contributed by atoms with E-state index in [2.05, 4.69) is 44.5 Å². The molecule has 0 spiro atoms. The molecule has 0 atom stereocenters. The van der Waals surface area contributed by atoms with Gasteiger partial charge >= 0.3 is 6.01 Å². The highest BCUT2D eigenvalue weighted by Crippen LogP contribution is 2.34. The first-order valence-electron chi connectivity index (χ1n) is 10.9. The number of nitrogen functional groups attached to an aromatic ring is 1. The van der Waals surface area contributed by atoms with Crippen molar-refractivity contribution in [1.82, 2.24) is 14.9 Å². The van der Waals surface area contributed by atoms with Gasteiger partial charge in [0.15, 0.2) is 11.6 Å². The minimum Gasteiger partial charge on any atom is -0.463 e. The Morgan fingerprint density at radius 3 is 2.68 bits per heavy atom. The lowest BCUT2D eigenvalue weighted by Gasteiger charge is -2.31. The normalized spacial score (nSPS) is 19.1. The molecule has 1 amide bonds. The second-order valence-corrected chi connectivity index (χ2v) is 8.51. The van der Waals surface area contributed by atoms with Gasteiger partial charge in [0.2, 0.25) is 5.91 Å². The van der Waals surface area contributed by atoms with Gasteiger partial charge in [-0.2, -0.15) is 9.97 Å². The number of ether oxygens (including phenoxy) is 2. The second-order valence-electron chi connectivity index (χ2n) is 8.51. The number of carbonyl (C=O) groups excluding carboxylic acids is 1. The van der Waals surface area contributed by atoms with Crippen molar-refractivity contribution in [2.24, 2.45) is 5.92 Å². The number of likely N-dealkylation sites (tertiary alicyclic amines) is 1. The number of aromatic nitrogens is 2. The molecule has 2 saturated heterocycles. The molecule has 0 bridgehead atoms. The summed E-state index contributed by atoms with van der Waals surface area (Å²) in [4.78, 5) is 25.5. The van der Waals surface area contributed by atoms with Gasteiger partial charge in [-0.1, -0.05) is 24.3 Å². The van der Waals surface area contributed by atoms with Crippen LogP contribution in [0.2, 0.25) is 0 Å². The summed E-state index contributed by atoms with van der Waals surface area (Å²) in [6, 6.07) is 8.76. The van der Waals surface area contributed by atoms with E-state index in [0.717, 1.165) is 25.2 Å². The van der Waals surface area contributed by atoms with E-state index in [1.54, 1.807) is 0 Å². The molecule has 3 N–H and O–H groups in total. The number of carbonyl (C=O) groups is 1. The van der Waals surface area contributed by atoms with Crippen molar-refractivity contribution in [2.75, 3.05) is 55.4 Å². The Hall–Kier alpha value is -2.91. The van der Waals surface area contributed by atoms with E-state index in [0.29, 0.717) is 43.8 Å². The van der Waals surface area contributed by atoms with Crippen LogP contribution in [0.15, 0.2) is 24.3 Å². The van der Waals surface area contributed by atoms with Crippen LogP contribution in [0, 0.1) is 5.92 Å². The summed E-state index contributed by atoms with van der Waals surface area (Å²) in [5.74, 6) is 1.04. The van der Waals surface area contributed by atoms with Gasteiger partial charge < -0.3 is 25.4 Å². The molecule has 3 aliphatic rings. The lowest BCUT2D eigenvalue weighted by Crippen LogP contribution is -2.39. The number of hydrogen-bond acceptors (Lipinski definition) is 8. The van der Waals surface area contributed by atoms with Crippen LogP contribution in [0.5, 0.6) is 6.01 Å². The Morgan fingerprint density at radius 2 is 1.94 bits per heavy atom. The first-order valence-corrected chi connectivity index (χ1v) is 10.9. The van der Waals surface area contributed by atoms with E-state index >= 15 is 0 Å². The van der Waals surface area contributed by atoms with Crippen molar-refractivity contribution in [1.29, 1.82) is 0 Å². The summed E-state index contributed by atoms with van der Waals surface area (Å²) in [7, 11) is 0. The number of amides is 1. The third-order valence-corrected chi connectivity index (χ3v) is 5.92. The van der Waals surface area contributed by atoms with E-state index < -0.39 is 0 Å². The standard InChI is InChI=1S/C22H28N6O3/c23-20-19-21(26-22(25-20)31-14-17-12-30-13-17)28(11-18(29)24-19)10-16-5-3-4-15(8-16)9-27-6-1-2-7-27/h3-5,8,17H,1-2,6-7,9-14H2,(H,24,29)(H2,23,25,26). The Bertz CT molecular complexity index is 958. The lowest BCUT2D eigenvalue weighted by atomic mass is 10.1. The number of nitrogens with two attached hydrogens (primary N) is 1. The molecule has 5 rings (SSSR count). The maximum atomic E-state index is 12.3. The van der Waals surface area contributed by atoms with E-state index in [4.69, 9.17) is 15.2 Å². The SMILES string of the molecule is Nc1nc(OCC2COC2)nc2c1NC(=O)CN2Cc1cccc(CN2CCCC2)c1. The fourth-order valence-corrected chi connectivity index (χ4v) is 4.24. The zero-order chi connectivity index (χ0) is 21.2. The van der Waals surface area contributed by atoms with Crippen LogP contribution in [-0.2, 0) is 22.6 Å². The molecular formula is C22H28N6O3. The van der Waals surface area contributed by atoms with Gasteiger partial charge in [-0.3, -0.25) is 9.69 Å². The fraction of sp³-hybridized carbons (Fsp3) is 0.500. The van der Waals surface area contributed by atoms with Crippen LogP contribution in [0.25, 0.3) is 0 Å². The predicted molar refractivity (Wildman–Crippen MR) is 117 cm³/mol. The van der Waals surface area contributed by atoms with E-state index in [1.165, 1.54) is 18.4 Å². The van der Waals surface area contributed by atoms with Gasteiger partial charge in [-0.05, 0) is 37.1 Å². The molecule has 2 aromatic rings. The summed E-state index contributed by atoms with van der Waals surface area (Å²) in [5, 5.41) is 2.81. The molecule has 1 aromatic heterocycles. The third-order valence-electron chi connectivity index (χ3n) is 5.92. The molecule has 9 nitrogen and oxygen atoms in total. The summed E-state index contributed by atoms with van der Waals surface area (Å²) in [5.41, 5.74) is 8.99. The molecule has 164 valence electrons. The average Bonchev–Trinajstić information content (AvgIpc) is 3.21. The molecule has 0 saturated carbocycles. The highest BCUT2D eigenvalue weighted by Gasteiger charge is 2.28. The van der Waals surface area contributed by atoms with Crippen molar-refractivity contribution < 1.29 is 14.3 Å². The van der Waals surface area contributed by atoms with E-state index in [9.17, 15) is 4.79 Å². The molecule has 0 radical (unpaired) electrons. The van der Waals surface area contributed by atoms with Gasteiger partial charge in [0.05, 0.1) is 26.4 Å². The first kappa shape index (κ1) is 20.0. The molecule has 3 aliphatic heterocycles. The van der Waals surface area contributed by atoms with Crippen LogP contribution in [-0.4, -0.2) is 60.2 Å². The maximum absolute atomic E-state index is 12.3. The second kappa shape index (κ2) is 8.68. The van der Waals surface area contributed by atoms with Gasteiger partial charge in [-0.25, -0.2) is 0 Å². The Kier molecular flexibility index (Phi) is 5.61. The number of anilines is 3. The van der Waals surface area contributed by atoms with Crippen molar-refractivity contribution in [2.45, 2.75) is 25.9 Å². The number of hydrogen-bond donors (Lipinski definition) is 2. The number of rotatable bonds is 7. The van der Waals surface area contributed by atoms with Gasteiger partial charge in [0.25, 0.3) is 0 Å². The largest absolute Gasteiger partial charge is 0.463 e. The Balaban J connectivity index is 1.35. The highest BCUT2D eigenvalue weighted by atomic mass is 16.5. The van der Waals surface area contributed by atoms with Crippen molar-refractivity contribution in [3.05, 3.63) is 35.4 Å². The summed E-state index contributed by atoms with van der Waals surface area (Å²) < 4.78 is 10.9. The van der Waals surface area contributed by atoms with Gasteiger partial charge in [-0.15, -0.1) is 0 Å². The van der Waals surface area contributed by atoms with E-state index in [-0.39, 0.29) is 24.3 Å². The van der Waals surface area contributed by atoms with Crippen LogP contribution in [0.3, 0.4) is 0 Å². The van der Waals surface area contributed by atoms with Crippen molar-refractivity contribution in [3.8, 4) is 6.01 Å². The zero-order valence-corrected chi connectivity index (χ0v) is 17.5. The summed E-state index contributed by atoms with van der Waals surface area (Å²) >= 11 is 0. The molecule has 0 aliphatic carbocycles. The Morgan fingerprint density at radius 1 is 1.16 bits per heavy atom. The monoisotopic (exact) mass is 424 g/mol. The van der Waals surface area contributed by atoms with Gasteiger partial charge in [0, 0.05) is 19.0 Å². The van der Waals surface area contributed by atoms with Crippen LogP contribution in [0.4, 0.5) is 17.3 Å². The van der Waals surface area contributed by atoms with Gasteiger partial charge in [0.1, 0.15) is 5.69 Å². The average molecular weight is 425 g/mol. The maximum Gasteiger partial charge on any atom is 0.320 e. The third kappa shape index (κ3) is 4.57. The molecular weight excluding hydrogens is 396 g/mol. The molecule has 1 aromatic carbocycles. The number of nitrogens with zero attached hydrogens (tertiary/aromatic N) is 4. The Labute approximate surface area is 181 Å². The summed E-state index contributed by atoms with van der Waals surface area (Å²) in [6.45, 7) is 5.92. The molecule has 2 fully saturated rings. The number of benzene rings is 1. The smallest absolute Gasteiger partial charge is 0.320 e. The van der Waals surface area contributed by atoms with E-state index in [1.807, 2.05) is 4.90 Å². The van der Waals surface area contributed by atoms with Crippen molar-refractivity contribution in [3.63, 3.8) is 0 Å². The summed E-state index contributed by atoms with van der Waals surface area (Å²) in [6.07, 6.45) is 2.55. The lowest BCUT2D eigenvalue weighted by molar-refractivity contribution is -0.115. The number of nitrogens with one attached hydrogen (secondary N) is 1. The molecule has 4 heterocycles. The highest BCUT2D eigenvalue weighted by molar-refractivity contribution is 6.03. The molecule has 9 heteroatoms. The number of fused-ring (bicyclic) bond motifs is 1. The minimum atomic E-state index is -0.128. The molecule has 31 heavy (non-hydrogen) atoms.